The number of rotatable bonds is 5. The first-order valence-electron chi connectivity index (χ1n) is 15.7. The Bertz CT molecular complexity index is 2390. The molecule has 7 nitrogen and oxygen atoms in total. The second-order valence-corrected chi connectivity index (χ2v) is 11.9. The SMILES string of the molecule is CC(C)OC1=C(c2c3nc(c(-c4ccccc4)c4ccc(cc5nc(c(-c6ccccc6)c6ccc2[n-]6)C=C5)[n-]4)C=C3)C(=O)C=CC1=O.[Zn+2]. The van der Waals surface area contributed by atoms with Crippen LogP contribution in [0.15, 0.2) is 109 Å². The summed E-state index contributed by atoms with van der Waals surface area (Å²) in [5, 5.41) is 0. The second kappa shape index (κ2) is 13.1. The van der Waals surface area contributed by atoms with Gasteiger partial charge >= 0.3 is 19.5 Å². The minimum atomic E-state index is -0.386. The van der Waals surface area contributed by atoms with E-state index in [0.29, 0.717) is 28.0 Å². The van der Waals surface area contributed by atoms with Gasteiger partial charge in [0.1, 0.15) is 0 Å². The van der Waals surface area contributed by atoms with Crippen LogP contribution in [-0.2, 0) is 33.8 Å². The van der Waals surface area contributed by atoms with Crippen molar-refractivity contribution >= 4 is 63.5 Å². The van der Waals surface area contributed by atoms with Gasteiger partial charge < -0.3 is 14.7 Å². The van der Waals surface area contributed by atoms with Crippen molar-refractivity contribution < 1.29 is 33.8 Å². The zero-order chi connectivity index (χ0) is 32.8. The first-order chi connectivity index (χ1) is 23.4. The molecule has 0 fully saturated rings. The summed E-state index contributed by atoms with van der Waals surface area (Å²) >= 11 is 0. The van der Waals surface area contributed by atoms with Gasteiger partial charge in [-0.2, -0.15) is 0 Å². The van der Waals surface area contributed by atoms with E-state index < -0.39 is 0 Å². The molecule has 0 amide bonds. The van der Waals surface area contributed by atoms with Crippen molar-refractivity contribution in [3.8, 4) is 22.3 Å². The number of ether oxygens (including phenoxy) is 1. The Kier molecular flexibility index (Phi) is 8.49. The van der Waals surface area contributed by atoms with E-state index in [1.54, 1.807) is 0 Å². The molecule has 49 heavy (non-hydrogen) atoms. The molecule has 0 atom stereocenters. The molecular formula is C41H28N4O3Zn. The normalized spacial score (nSPS) is 13.7. The number of ketones is 2. The van der Waals surface area contributed by atoms with Gasteiger partial charge in [-0.05, 0) is 72.6 Å². The molecule has 0 spiro atoms. The van der Waals surface area contributed by atoms with E-state index in [0.717, 1.165) is 44.7 Å². The molecule has 5 aromatic rings. The number of hydrogen-bond acceptors (Lipinski definition) is 5. The molecule has 2 aliphatic heterocycles. The molecule has 2 aromatic carbocycles. The third-order valence-corrected chi connectivity index (χ3v) is 8.25. The van der Waals surface area contributed by atoms with E-state index in [2.05, 4.69) is 0 Å². The summed E-state index contributed by atoms with van der Waals surface area (Å²) in [6.07, 6.45) is 9.92. The maximum absolute atomic E-state index is 13.8. The van der Waals surface area contributed by atoms with Crippen LogP contribution in [-0.4, -0.2) is 27.6 Å². The first-order valence-corrected chi connectivity index (χ1v) is 15.7. The molecule has 8 bridgehead atoms. The van der Waals surface area contributed by atoms with Gasteiger partial charge in [-0.15, -0.1) is 22.1 Å². The van der Waals surface area contributed by atoms with E-state index >= 15 is 0 Å². The van der Waals surface area contributed by atoms with Crippen LogP contribution in [0.4, 0.5) is 0 Å². The summed E-state index contributed by atoms with van der Waals surface area (Å²) in [7, 11) is 0. The Balaban J connectivity index is 0.00000378. The molecule has 8 rings (SSSR count). The second-order valence-electron chi connectivity index (χ2n) is 11.9. The molecule has 8 heteroatoms. The fourth-order valence-corrected chi connectivity index (χ4v) is 6.21. The monoisotopic (exact) mass is 688 g/mol. The molecule has 0 unspecified atom stereocenters. The van der Waals surface area contributed by atoms with Crippen LogP contribution < -0.4 is 9.97 Å². The topological polar surface area (TPSA) is 97.3 Å². The third kappa shape index (κ3) is 5.96. The van der Waals surface area contributed by atoms with Gasteiger partial charge in [0.2, 0.25) is 5.78 Å². The standard InChI is InChI=1S/C41H30N4O3.Zn/c1-24(2)48-41-36(47)22-21-35(46)40(41)39-33-19-17-31(44-33)37(25-9-5-3-6-10-25)29-15-13-27(42-29)23-28-14-16-30(43-28)38(26-11-7-4-8-12-26)32-18-20-34(39)45-32;/h3-24H,1-2H3,(H2,42,43,44,45,46,47);/q;+2/p-2. The number of carbonyl (C=O) groups excluding carboxylic acids is 2. The molecule has 0 saturated heterocycles. The van der Waals surface area contributed by atoms with Crippen molar-refractivity contribution in [2.75, 3.05) is 0 Å². The molecule has 3 aliphatic rings. The van der Waals surface area contributed by atoms with Crippen molar-refractivity contribution in [2.24, 2.45) is 0 Å². The molecule has 232 valence electrons. The minimum absolute atomic E-state index is 0. The smallest absolute Gasteiger partial charge is 0.657 e. The summed E-state index contributed by atoms with van der Waals surface area (Å²) in [4.78, 5) is 47.3. The quantitative estimate of drug-likeness (QED) is 0.133. The van der Waals surface area contributed by atoms with Crippen molar-refractivity contribution in [3.05, 3.63) is 137 Å². The van der Waals surface area contributed by atoms with E-state index in [1.807, 2.05) is 129 Å². The molecule has 1 aliphatic carbocycles. The maximum atomic E-state index is 13.8. The number of allylic oxidation sites excluding steroid dienone is 3. The number of aromatic nitrogens is 4. The Hall–Kier alpha value is -5.72. The predicted molar refractivity (Wildman–Crippen MR) is 190 cm³/mol. The third-order valence-electron chi connectivity index (χ3n) is 8.25. The zero-order valence-corrected chi connectivity index (χ0v) is 29.9. The van der Waals surface area contributed by atoms with Gasteiger partial charge in [-0.25, -0.2) is 9.97 Å². The predicted octanol–water partition coefficient (Wildman–Crippen LogP) is 8.09. The Morgan fingerprint density at radius 2 is 1.10 bits per heavy atom. The molecule has 0 N–H and O–H groups in total. The van der Waals surface area contributed by atoms with Gasteiger partial charge in [-0.1, -0.05) is 91.0 Å². The van der Waals surface area contributed by atoms with Gasteiger partial charge in [0.15, 0.2) is 11.5 Å². The zero-order valence-electron chi connectivity index (χ0n) is 26.9. The van der Waals surface area contributed by atoms with Gasteiger partial charge in [0.05, 0.1) is 34.5 Å². The van der Waals surface area contributed by atoms with E-state index in [4.69, 9.17) is 24.7 Å². The Labute approximate surface area is 295 Å². The number of benzene rings is 2. The number of hydrogen-bond donors (Lipinski definition) is 0. The van der Waals surface area contributed by atoms with Crippen LogP contribution in [0.25, 0.3) is 74.2 Å². The van der Waals surface area contributed by atoms with Gasteiger partial charge in [0.25, 0.3) is 0 Å². The van der Waals surface area contributed by atoms with Crippen LogP contribution in [0, 0.1) is 0 Å². The number of fused-ring (bicyclic) bond motifs is 8. The fourth-order valence-electron chi connectivity index (χ4n) is 6.21. The van der Waals surface area contributed by atoms with Crippen molar-refractivity contribution in [2.45, 2.75) is 20.0 Å². The van der Waals surface area contributed by atoms with E-state index in [9.17, 15) is 9.59 Å². The molecule has 0 saturated carbocycles. The number of nitrogens with zero attached hydrogens (tertiary/aromatic N) is 4. The van der Waals surface area contributed by atoms with Crippen molar-refractivity contribution in [1.82, 2.24) is 19.9 Å². The number of carbonyl (C=O) groups is 2. The summed E-state index contributed by atoms with van der Waals surface area (Å²) in [5.74, 6) is -0.762. The average Bonchev–Trinajstić information content (AvgIpc) is 3.92. The van der Waals surface area contributed by atoms with Crippen LogP contribution in [0.5, 0.6) is 0 Å². The maximum Gasteiger partial charge on any atom is 2.00 e. The average molecular weight is 690 g/mol. The van der Waals surface area contributed by atoms with Crippen LogP contribution in [0.1, 0.15) is 42.2 Å². The Morgan fingerprint density at radius 3 is 1.76 bits per heavy atom. The summed E-state index contributed by atoms with van der Waals surface area (Å²) in [6, 6.07) is 29.6. The summed E-state index contributed by atoms with van der Waals surface area (Å²) in [5.41, 5.74) is 9.42. The van der Waals surface area contributed by atoms with E-state index in [-0.39, 0.29) is 48.5 Å². The summed E-state index contributed by atoms with van der Waals surface area (Å²) in [6.45, 7) is 3.65. The van der Waals surface area contributed by atoms with Gasteiger partial charge in [-0.3, -0.25) is 9.59 Å². The van der Waals surface area contributed by atoms with Crippen LogP contribution >= 0.6 is 0 Å². The molecule has 0 radical (unpaired) electrons. The molecule has 5 heterocycles. The Morgan fingerprint density at radius 1 is 0.571 bits per heavy atom. The van der Waals surface area contributed by atoms with Crippen LogP contribution in [0.2, 0.25) is 0 Å². The van der Waals surface area contributed by atoms with Crippen LogP contribution in [0.3, 0.4) is 0 Å². The largest absolute Gasteiger partial charge is 2.00 e. The summed E-state index contributed by atoms with van der Waals surface area (Å²) < 4.78 is 6.04. The van der Waals surface area contributed by atoms with Crippen molar-refractivity contribution in [3.63, 3.8) is 0 Å². The minimum Gasteiger partial charge on any atom is -0.657 e. The first kappa shape index (κ1) is 31.9. The van der Waals surface area contributed by atoms with E-state index in [1.165, 1.54) is 12.2 Å². The molecular weight excluding hydrogens is 662 g/mol. The van der Waals surface area contributed by atoms with Crippen molar-refractivity contribution in [1.29, 1.82) is 0 Å². The molecule has 3 aromatic heterocycles. The fraction of sp³-hybridized carbons (Fsp3) is 0.0732. The van der Waals surface area contributed by atoms with Gasteiger partial charge in [0, 0.05) is 5.56 Å².